The van der Waals surface area contributed by atoms with E-state index in [0.717, 1.165) is 29.5 Å². The van der Waals surface area contributed by atoms with Crippen molar-refractivity contribution >= 4 is 39.9 Å². The number of anilines is 1. The Morgan fingerprint density at radius 3 is 2.67 bits per heavy atom. The normalized spacial score (nSPS) is 16.0. The molecular formula is C14H17IN2O4. The molecule has 1 saturated heterocycles. The molecule has 0 unspecified atom stereocenters. The molecule has 0 spiro atoms. The zero-order valence-electron chi connectivity index (χ0n) is 11.5. The summed E-state index contributed by atoms with van der Waals surface area (Å²) in [6, 6.07) is 5.27. The lowest BCUT2D eigenvalue weighted by atomic mass is 9.92. The van der Waals surface area contributed by atoms with Crippen molar-refractivity contribution in [2.24, 2.45) is 5.92 Å². The second kappa shape index (κ2) is 7.06. The van der Waals surface area contributed by atoms with Gasteiger partial charge < -0.3 is 10.0 Å². The van der Waals surface area contributed by atoms with Crippen LogP contribution in [0.25, 0.3) is 0 Å². The lowest BCUT2D eigenvalue weighted by molar-refractivity contribution is -0.384. The molecule has 0 aromatic heterocycles. The van der Waals surface area contributed by atoms with Crippen molar-refractivity contribution in [3.63, 3.8) is 0 Å². The van der Waals surface area contributed by atoms with Gasteiger partial charge in [-0.25, -0.2) is 0 Å². The zero-order chi connectivity index (χ0) is 15.4. The Kier molecular flexibility index (Phi) is 5.38. The summed E-state index contributed by atoms with van der Waals surface area (Å²) in [5.41, 5.74) is 0.808. The average molecular weight is 404 g/mol. The Labute approximate surface area is 136 Å². The minimum absolute atomic E-state index is 0.144. The molecule has 1 aliphatic rings. The van der Waals surface area contributed by atoms with Crippen LogP contribution in [0.3, 0.4) is 0 Å². The van der Waals surface area contributed by atoms with Crippen molar-refractivity contribution in [3.8, 4) is 0 Å². The molecule has 0 atom stereocenters. The fraction of sp³-hybridized carbons (Fsp3) is 0.500. The first kappa shape index (κ1) is 16.0. The molecule has 1 aromatic carbocycles. The van der Waals surface area contributed by atoms with Gasteiger partial charge in [-0.05, 0) is 59.9 Å². The highest BCUT2D eigenvalue weighted by Crippen LogP contribution is 2.33. The molecule has 1 aliphatic heterocycles. The maximum Gasteiger partial charge on any atom is 0.303 e. The molecule has 1 N–H and O–H groups in total. The van der Waals surface area contributed by atoms with Gasteiger partial charge in [0.05, 0.1) is 4.92 Å². The number of aliphatic carboxylic acids is 1. The van der Waals surface area contributed by atoms with Crippen LogP contribution in [-0.2, 0) is 4.79 Å². The summed E-state index contributed by atoms with van der Waals surface area (Å²) in [6.07, 6.45) is 2.67. The van der Waals surface area contributed by atoms with Crippen LogP contribution >= 0.6 is 22.6 Å². The summed E-state index contributed by atoms with van der Waals surface area (Å²) in [5.74, 6) is -0.356. The van der Waals surface area contributed by atoms with Gasteiger partial charge >= 0.3 is 5.97 Å². The van der Waals surface area contributed by atoms with Gasteiger partial charge in [0.1, 0.15) is 5.69 Å². The predicted octanol–water partition coefficient (Wildman–Crippen LogP) is 3.28. The smallest absolute Gasteiger partial charge is 0.303 e. The Balaban J connectivity index is 2.02. The number of halogens is 1. The SMILES string of the molecule is O=C(O)CCC1CCN(c2ccc(I)cc2[N+](=O)[O-])CC1. The Bertz CT molecular complexity index is 542. The van der Waals surface area contributed by atoms with E-state index in [2.05, 4.69) is 22.6 Å². The predicted molar refractivity (Wildman–Crippen MR) is 87.6 cm³/mol. The van der Waals surface area contributed by atoms with Gasteiger partial charge in [0.15, 0.2) is 0 Å². The lowest BCUT2D eigenvalue weighted by Gasteiger charge is -2.33. The third-order valence-corrected chi connectivity index (χ3v) is 4.53. The second-order valence-corrected chi connectivity index (χ2v) is 6.50. The maximum absolute atomic E-state index is 11.2. The van der Waals surface area contributed by atoms with Gasteiger partial charge in [-0.2, -0.15) is 0 Å². The second-order valence-electron chi connectivity index (χ2n) is 5.25. The van der Waals surface area contributed by atoms with E-state index in [-0.39, 0.29) is 17.0 Å². The molecule has 6 nitrogen and oxygen atoms in total. The maximum atomic E-state index is 11.2. The number of benzene rings is 1. The first-order valence-corrected chi connectivity index (χ1v) is 7.96. The third-order valence-electron chi connectivity index (χ3n) is 3.86. The van der Waals surface area contributed by atoms with Crippen molar-refractivity contribution in [1.82, 2.24) is 0 Å². The van der Waals surface area contributed by atoms with Gasteiger partial charge in [-0.15, -0.1) is 0 Å². The number of hydrogen-bond donors (Lipinski definition) is 1. The number of carboxylic acid groups (broad SMARTS) is 1. The van der Waals surface area contributed by atoms with Gasteiger partial charge in [-0.1, -0.05) is 0 Å². The lowest BCUT2D eigenvalue weighted by Crippen LogP contribution is -2.34. The molecule has 114 valence electrons. The molecule has 1 heterocycles. The van der Waals surface area contributed by atoms with E-state index in [0.29, 0.717) is 18.0 Å². The van der Waals surface area contributed by atoms with E-state index in [4.69, 9.17) is 5.11 Å². The number of carboxylic acids is 1. The van der Waals surface area contributed by atoms with E-state index in [9.17, 15) is 14.9 Å². The van der Waals surface area contributed by atoms with E-state index in [1.54, 1.807) is 12.1 Å². The summed E-state index contributed by atoms with van der Waals surface area (Å²) in [5, 5.41) is 19.9. The van der Waals surface area contributed by atoms with Crippen molar-refractivity contribution in [2.75, 3.05) is 18.0 Å². The van der Waals surface area contributed by atoms with Crippen LogP contribution in [0.1, 0.15) is 25.7 Å². The van der Waals surface area contributed by atoms with Gasteiger partial charge in [-0.3, -0.25) is 14.9 Å². The molecule has 0 amide bonds. The summed E-state index contributed by atoms with van der Waals surface area (Å²) in [7, 11) is 0. The summed E-state index contributed by atoms with van der Waals surface area (Å²) in [6.45, 7) is 1.48. The summed E-state index contributed by atoms with van der Waals surface area (Å²) >= 11 is 2.07. The van der Waals surface area contributed by atoms with E-state index in [1.807, 2.05) is 11.0 Å². The quantitative estimate of drug-likeness (QED) is 0.463. The van der Waals surface area contributed by atoms with Crippen molar-refractivity contribution in [2.45, 2.75) is 25.7 Å². The van der Waals surface area contributed by atoms with Crippen LogP contribution in [0.5, 0.6) is 0 Å². The van der Waals surface area contributed by atoms with E-state index < -0.39 is 5.97 Å². The number of carbonyl (C=O) groups is 1. The van der Waals surface area contributed by atoms with Crippen LogP contribution in [0.15, 0.2) is 18.2 Å². The Morgan fingerprint density at radius 2 is 2.10 bits per heavy atom. The monoisotopic (exact) mass is 404 g/mol. The summed E-state index contributed by atoms with van der Waals surface area (Å²) < 4.78 is 0.847. The van der Waals surface area contributed by atoms with Crippen molar-refractivity contribution in [3.05, 3.63) is 31.9 Å². The Hall–Kier alpha value is -1.38. The third kappa shape index (κ3) is 4.29. The molecule has 0 saturated carbocycles. The molecular weight excluding hydrogens is 387 g/mol. The van der Waals surface area contributed by atoms with Crippen molar-refractivity contribution < 1.29 is 14.8 Å². The van der Waals surface area contributed by atoms with Crippen LogP contribution in [0.2, 0.25) is 0 Å². The molecule has 1 aromatic rings. The molecule has 0 bridgehead atoms. The average Bonchev–Trinajstić information content (AvgIpc) is 2.45. The molecule has 0 radical (unpaired) electrons. The highest BCUT2D eigenvalue weighted by atomic mass is 127. The van der Waals surface area contributed by atoms with Crippen LogP contribution in [0, 0.1) is 19.6 Å². The largest absolute Gasteiger partial charge is 0.481 e. The van der Waals surface area contributed by atoms with Gasteiger partial charge in [0, 0.05) is 29.1 Å². The number of hydrogen-bond acceptors (Lipinski definition) is 4. The molecule has 21 heavy (non-hydrogen) atoms. The number of nitro groups is 1. The minimum Gasteiger partial charge on any atom is -0.481 e. The van der Waals surface area contributed by atoms with Gasteiger partial charge in [0.25, 0.3) is 5.69 Å². The van der Waals surface area contributed by atoms with Crippen LogP contribution < -0.4 is 4.90 Å². The zero-order valence-corrected chi connectivity index (χ0v) is 13.7. The fourth-order valence-corrected chi connectivity index (χ4v) is 3.18. The van der Waals surface area contributed by atoms with E-state index >= 15 is 0 Å². The number of nitro benzene ring substituents is 1. The molecule has 2 rings (SSSR count). The first-order chi connectivity index (χ1) is 9.97. The molecule has 1 fully saturated rings. The van der Waals surface area contributed by atoms with Crippen LogP contribution in [0.4, 0.5) is 11.4 Å². The topological polar surface area (TPSA) is 83.7 Å². The minimum atomic E-state index is -0.759. The molecule has 7 heteroatoms. The number of piperidine rings is 1. The first-order valence-electron chi connectivity index (χ1n) is 6.88. The van der Waals surface area contributed by atoms with E-state index in [1.165, 1.54) is 0 Å². The Morgan fingerprint density at radius 1 is 1.43 bits per heavy atom. The van der Waals surface area contributed by atoms with Gasteiger partial charge in [0.2, 0.25) is 0 Å². The number of nitrogens with zero attached hydrogens (tertiary/aromatic N) is 2. The van der Waals surface area contributed by atoms with Crippen LogP contribution in [-0.4, -0.2) is 29.1 Å². The van der Waals surface area contributed by atoms with Crippen molar-refractivity contribution in [1.29, 1.82) is 0 Å². The fourth-order valence-electron chi connectivity index (χ4n) is 2.70. The highest BCUT2D eigenvalue weighted by molar-refractivity contribution is 14.1. The highest BCUT2D eigenvalue weighted by Gasteiger charge is 2.25. The summed E-state index contributed by atoms with van der Waals surface area (Å²) in [4.78, 5) is 23.5. The standard InChI is InChI=1S/C14H17IN2O4/c15-11-2-3-12(13(9-11)17(20)21)16-7-5-10(6-8-16)1-4-14(18)19/h2-3,9-10H,1,4-8H2,(H,18,19). The number of rotatable bonds is 5. The molecule has 0 aliphatic carbocycles.